The highest BCUT2D eigenvalue weighted by Crippen LogP contribution is 2.36. The Kier molecular flexibility index (Phi) is 3.12. The van der Waals surface area contributed by atoms with Crippen molar-refractivity contribution in [2.45, 2.75) is 36.6 Å². The maximum absolute atomic E-state index is 4.35. The molecule has 1 aromatic carbocycles. The van der Waals surface area contributed by atoms with Gasteiger partial charge in [-0.2, -0.15) is 0 Å². The first-order valence-electron chi connectivity index (χ1n) is 6.38. The highest BCUT2D eigenvalue weighted by atomic mass is 32.2. The van der Waals surface area contributed by atoms with Gasteiger partial charge in [0, 0.05) is 17.9 Å². The Balaban J connectivity index is 1.91. The molecule has 3 rings (SSSR count). The van der Waals surface area contributed by atoms with Crippen molar-refractivity contribution in [3.63, 3.8) is 0 Å². The summed E-state index contributed by atoms with van der Waals surface area (Å²) >= 11 is 1.87. The second-order valence-electron chi connectivity index (χ2n) is 4.85. The van der Waals surface area contributed by atoms with Crippen molar-refractivity contribution >= 4 is 11.8 Å². The van der Waals surface area contributed by atoms with Crippen LogP contribution in [0.25, 0.3) is 11.4 Å². The van der Waals surface area contributed by atoms with Gasteiger partial charge in [0.25, 0.3) is 0 Å². The maximum atomic E-state index is 4.35. The van der Waals surface area contributed by atoms with E-state index in [9.17, 15) is 0 Å². The van der Waals surface area contributed by atoms with Crippen LogP contribution < -0.4 is 0 Å². The summed E-state index contributed by atoms with van der Waals surface area (Å²) in [7, 11) is 2.06. The molecule has 1 aliphatic carbocycles. The van der Waals surface area contributed by atoms with Crippen LogP contribution in [0.4, 0.5) is 0 Å². The fraction of sp³-hybridized carbons (Fsp3) is 0.429. The molecule has 1 heterocycles. The standard InChI is InChI=1S/C14H17N3S/c1-10-6-3-4-9-12(10)13-15-16-14(17(13)2)18-11-7-5-8-11/h3-4,6,9,11H,5,7-8H2,1-2H3. The summed E-state index contributed by atoms with van der Waals surface area (Å²) in [6, 6.07) is 8.33. The third kappa shape index (κ3) is 2.05. The van der Waals surface area contributed by atoms with Gasteiger partial charge in [0.15, 0.2) is 11.0 Å². The van der Waals surface area contributed by atoms with E-state index in [4.69, 9.17) is 0 Å². The van der Waals surface area contributed by atoms with Gasteiger partial charge < -0.3 is 4.57 Å². The minimum Gasteiger partial charge on any atom is -0.305 e. The Morgan fingerprint density at radius 3 is 2.67 bits per heavy atom. The molecule has 0 unspecified atom stereocenters. The number of aryl methyl sites for hydroxylation is 1. The number of aromatic nitrogens is 3. The minimum atomic E-state index is 0.748. The Hall–Kier alpha value is -1.29. The lowest BCUT2D eigenvalue weighted by molar-refractivity contribution is 0.520. The molecule has 0 saturated heterocycles. The molecule has 0 amide bonds. The fourth-order valence-corrected chi connectivity index (χ4v) is 3.31. The van der Waals surface area contributed by atoms with Gasteiger partial charge in [-0.1, -0.05) is 42.4 Å². The molecule has 2 aromatic rings. The number of rotatable bonds is 3. The summed E-state index contributed by atoms with van der Waals surface area (Å²) < 4.78 is 2.12. The van der Waals surface area contributed by atoms with Gasteiger partial charge in [-0.05, 0) is 25.3 Å². The first-order valence-corrected chi connectivity index (χ1v) is 7.25. The van der Waals surface area contributed by atoms with E-state index in [0.29, 0.717) is 0 Å². The van der Waals surface area contributed by atoms with E-state index in [1.54, 1.807) is 0 Å². The molecule has 1 aromatic heterocycles. The van der Waals surface area contributed by atoms with Crippen molar-refractivity contribution in [2.75, 3.05) is 0 Å². The van der Waals surface area contributed by atoms with Gasteiger partial charge in [-0.15, -0.1) is 10.2 Å². The van der Waals surface area contributed by atoms with Crippen LogP contribution in [0.5, 0.6) is 0 Å². The number of benzene rings is 1. The third-order valence-corrected chi connectivity index (χ3v) is 4.92. The van der Waals surface area contributed by atoms with Gasteiger partial charge in [-0.3, -0.25) is 0 Å². The summed E-state index contributed by atoms with van der Waals surface area (Å²) in [5.74, 6) is 0.968. The lowest BCUT2D eigenvalue weighted by atomic mass is 10.0. The Morgan fingerprint density at radius 2 is 2.00 bits per heavy atom. The third-order valence-electron chi connectivity index (χ3n) is 3.55. The van der Waals surface area contributed by atoms with E-state index in [-0.39, 0.29) is 0 Å². The molecule has 0 spiro atoms. The summed E-state index contributed by atoms with van der Waals surface area (Å²) in [4.78, 5) is 0. The van der Waals surface area contributed by atoms with Crippen molar-refractivity contribution in [2.24, 2.45) is 7.05 Å². The normalized spacial score (nSPS) is 15.7. The monoisotopic (exact) mass is 259 g/mol. The van der Waals surface area contributed by atoms with Crippen LogP contribution in [-0.4, -0.2) is 20.0 Å². The van der Waals surface area contributed by atoms with Crippen molar-refractivity contribution < 1.29 is 0 Å². The summed E-state index contributed by atoms with van der Waals surface area (Å²) in [5.41, 5.74) is 2.42. The van der Waals surface area contributed by atoms with Crippen LogP contribution in [0.15, 0.2) is 29.4 Å². The average molecular weight is 259 g/mol. The van der Waals surface area contributed by atoms with Crippen molar-refractivity contribution in [1.82, 2.24) is 14.8 Å². The summed E-state index contributed by atoms with van der Waals surface area (Å²) in [6.07, 6.45) is 3.99. The highest BCUT2D eigenvalue weighted by Gasteiger charge is 2.22. The summed E-state index contributed by atoms with van der Waals surface area (Å²) in [5, 5.41) is 10.5. The number of nitrogens with zero attached hydrogens (tertiary/aromatic N) is 3. The van der Waals surface area contributed by atoms with Gasteiger partial charge in [0.2, 0.25) is 0 Å². The molecule has 4 heteroatoms. The number of thioether (sulfide) groups is 1. The molecule has 0 radical (unpaired) electrons. The Labute approximate surface area is 112 Å². The van der Waals surface area contributed by atoms with E-state index in [1.165, 1.54) is 30.4 Å². The summed E-state index contributed by atoms with van der Waals surface area (Å²) in [6.45, 7) is 2.11. The molecule has 0 aliphatic heterocycles. The average Bonchev–Trinajstić information content (AvgIpc) is 2.66. The fourth-order valence-electron chi connectivity index (χ4n) is 2.11. The molecule has 0 atom stereocenters. The van der Waals surface area contributed by atoms with Crippen molar-refractivity contribution in [1.29, 1.82) is 0 Å². The number of hydrogen-bond donors (Lipinski definition) is 0. The molecule has 1 saturated carbocycles. The number of hydrogen-bond acceptors (Lipinski definition) is 3. The highest BCUT2D eigenvalue weighted by molar-refractivity contribution is 7.99. The second-order valence-corrected chi connectivity index (χ2v) is 6.12. The maximum Gasteiger partial charge on any atom is 0.191 e. The van der Waals surface area contributed by atoms with E-state index >= 15 is 0 Å². The topological polar surface area (TPSA) is 30.7 Å². The molecule has 1 aliphatic rings. The molecule has 3 nitrogen and oxygen atoms in total. The lowest BCUT2D eigenvalue weighted by Gasteiger charge is -2.23. The minimum absolute atomic E-state index is 0.748. The zero-order valence-electron chi connectivity index (χ0n) is 10.8. The van der Waals surface area contributed by atoms with Gasteiger partial charge >= 0.3 is 0 Å². The molecule has 0 N–H and O–H groups in total. The molecule has 94 valence electrons. The molecule has 1 fully saturated rings. The SMILES string of the molecule is Cc1ccccc1-c1nnc(SC2CCC2)n1C. The largest absolute Gasteiger partial charge is 0.305 e. The first kappa shape index (κ1) is 11.8. The van der Waals surface area contributed by atoms with E-state index < -0.39 is 0 Å². The molecule has 18 heavy (non-hydrogen) atoms. The molecular weight excluding hydrogens is 242 g/mol. The van der Waals surface area contributed by atoms with Crippen molar-refractivity contribution in [3.8, 4) is 11.4 Å². The van der Waals surface area contributed by atoms with Crippen LogP contribution in [0, 0.1) is 6.92 Å². The zero-order chi connectivity index (χ0) is 12.5. The van der Waals surface area contributed by atoms with E-state index in [1.807, 2.05) is 11.8 Å². The Bertz CT molecular complexity index is 558. The quantitative estimate of drug-likeness (QED) is 0.846. The molecule has 0 bridgehead atoms. The van der Waals surface area contributed by atoms with Crippen LogP contribution in [-0.2, 0) is 7.05 Å². The van der Waals surface area contributed by atoms with Gasteiger partial charge in [0.1, 0.15) is 0 Å². The van der Waals surface area contributed by atoms with E-state index in [0.717, 1.165) is 16.2 Å². The van der Waals surface area contributed by atoms with Gasteiger partial charge in [0.05, 0.1) is 0 Å². The van der Waals surface area contributed by atoms with Gasteiger partial charge in [-0.25, -0.2) is 0 Å². The lowest BCUT2D eigenvalue weighted by Crippen LogP contribution is -2.13. The predicted octanol–water partition coefficient (Wildman–Crippen LogP) is 3.44. The predicted molar refractivity (Wildman–Crippen MR) is 74.7 cm³/mol. The Morgan fingerprint density at radius 1 is 1.22 bits per heavy atom. The zero-order valence-corrected chi connectivity index (χ0v) is 11.6. The van der Waals surface area contributed by atoms with Crippen LogP contribution in [0.2, 0.25) is 0 Å². The van der Waals surface area contributed by atoms with Crippen molar-refractivity contribution in [3.05, 3.63) is 29.8 Å². The molecular formula is C14H17N3S. The first-order chi connectivity index (χ1) is 8.75. The second kappa shape index (κ2) is 4.76. The van der Waals surface area contributed by atoms with Crippen LogP contribution in [0.1, 0.15) is 24.8 Å². The van der Waals surface area contributed by atoms with E-state index in [2.05, 4.69) is 53.0 Å². The van der Waals surface area contributed by atoms with Crippen LogP contribution >= 0.6 is 11.8 Å². The van der Waals surface area contributed by atoms with Crippen LogP contribution in [0.3, 0.4) is 0 Å². The smallest absolute Gasteiger partial charge is 0.191 e.